The Morgan fingerprint density at radius 1 is 1.48 bits per heavy atom. The van der Waals surface area contributed by atoms with Crippen molar-refractivity contribution in [3.05, 3.63) is 29.4 Å². The molecule has 0 aliphatic rings. The van der Waals surface area contributed by atoms with E-state index in [0.29, 0.717) is 15.9 Å². The molecule has 114 valence electrons. The van der Waals surface area contributed by atoms with Crippen LogP contribution in [0.1, 0.15) is 0 Å². The monoisotopic (exact) mass is 353 g/mol. The number of nitrogens with zero attached hydrogens (tertiary/aromatic N) is 1. The van der Waals surface area contributed by atoms with Crippen LogP contribution in [0.2, 0.25) is 5.02 Å². The summed E-state index contributed by atoms with van der Waals surface area (Å²) < 4.78 is 42.4. The van der Waals surface area contributed by atoms with E-state index in [1.54, 1.807) is 0 Å². The van der Waals surface area contributed by atoms with Crippen LogP contribution >= 0.6 is 22.3 Å². The van der Waals surface area contributed by atoms with Crippen molar-refractivity contribution in [3.8, 4) is 0 Å². The lowest BCUT2D eigenvalue weighted by molar-refractivity contribution is -0.146. The van der Waals surface area contributed by atoms with Crippen LogP contribution in [0.3, 0.4) is 0 Å². The number of carbonyl (C=O) groups excluding carboxylic acids is 1. The molecular weight excluding hydrogens is 344 g/mol. The summed E-state index contributed by atoms with van der Waals surface area (Å²) in [6.07, 6.45) is -0.769. The number of methoxy groups -OCH3 is 1. The summed E-state index contributed by atoms with van der Waals surface area (Å²) in [7, 11) is 2.41. The lowest BCUT2D eigenvalue weighted by Crippen LogP contribution is -2.22. The van der Waals surface area contributed by atoms with Crippen molar-refractivity contribution in [2.75, 3.05) is 7.11 Å². The highest BCUT2D eigenvalue weighted by molar-refractivity contribution is 8.14. The third-order valence-electron chi connectivity index (χ3n) is 2.88. The number of benzene rings is 1. The van der Waals surface area contributed by atoms with Gasteiger partial charge >= 0.3 is 5.97 Å². The Morgan fingerprint density at radius 2 is 2.14 bits per heavy atom. The minimum atomic E-state index is -4.01. The Hall–Kier alpha value is -1.31. The van der Waals surface area contributed by atoms with E-state index in [1.807, 2.05) is 0 Å². The van der Waals surface area contributed by atoms with Crippen LogP contribution in [0.15, 0.2) is 29.3 Å². The average Bonchev–Trinajstić information content (AvgIpc) is 2.76. The minimum Gasteiger partial charge on any atom is -0.467 e. The molecule has 1 heterocycles. The molecule has 1 atom stereocenters. The first-order valence-electron chi connectivity index (χ1n) is 5.69. The second-order valence-electron chi connectivity index (χ2n) is 4.24. The lowest BCUT2D eigenvalue weighted by atomic mass is 10.2. The molecule has 0 radical (unpaired) electrons. The molecule has 0 amide bonds. The van der Waals surface area contributed by atoms with Crippen LogP contribution in [0.25, 0.3) is 10.9 Å². The summed E-state index contributed by atoms with van der Waals surface area (Å²) in [4.78, 5) is 11.0. The van der Waals surface area contributed by atoms with Crippen molar-refractivity contribution in [2.24, 2.45) is 0 Å². The molecule has 0 aliphatic carbocycles. The molecular formula is C12H10Cl2FNO4S. The Morgan fingerprint density at radius 3 is 2.71 bits per heavy atom. The number of hydrogen-bond donors (Lipinski definition) is 0. The maximum atomic E-state index is 13.7. The maximum absolute atomic E-state index is 13.7. The highest BCUT2D eigenvalue weighted by Crippen LogP contribution is 2.30. The number of carbonyl (C=O) groups is 1. The Labute approximate surface area is 129 Å². The molecule has 0 fully saturated rings. The van der Waals surface area contributed by atoms with E-state index < -0.39 is 27.7 Å². The largest absolute Gasteiger partial charge is 0.467 e. The zero-order chi connectivity index (χ0) is 15.8. The van der Waals surface area contributed by atoms with Crippen molar-refractivity contribution in [1.29, 1.82) is 0 Å². The molecule has 21 heavy (non-hydrogen) atoms. The van der Waals surface area contributed by atoms with Gasteiger partial charge in [-0.25, -0.2) is 17.6 Å². The summed E-state index contributed by atoms with van der Waals surface area (Å²) >= 11 is 5.86. The summed E-state index contributed by atoms with van der Waals surface area (Å²) in [5, 5.41) is 0.639. The van der Waals surface area contributed by atoms with Gasteiger partial charge in [0.15, 0.2) is 0 Å². The fraction of sp³-hybridized carbons (Fsp3) is 0.250. The van der Waals surface area contributed by atoms with Crippen LogP contribution in [0.4, 0.5) is 4.39 Å². The van der Waals surface area contributed by atoms with E-state index in [-0.39, 0.29) is 4.90 Å². The third kappa shape index (κ3) is 3.30. The van der Waals surface area contributed by atoms with Gasteiger partial charge in [-0.3, -0.25) is 0 Å². The Balaban J connectivity index is 2.58. The van der Waals surface area contributed by atoms with Crippen molar-refractivity contribution < 1.29 is 22.3 Å². The van der Waals surface area contributed by atoms with Gasteiger partial charge in [-0.15, -0.1) is 0 Å². The molecule has 1 unspecified atom stereocenters. The number of esters is 1. The molecule has 5 nitrogen and oxygen atoms in total. The van der Waals surface area contributed by atoms with Crippen LogP contribution in [0, 0.1) is 0 Å². The number of aromatic nitrogens is 1. The summed E-state index contributed by atoms with van der Waals surface area (Å²) in [5.74, 6) is -1.05. The number of alkyl halides is 1. The van der Waals surface area contributed by atoms with Gasteiger partial charge in [0.2, 0.25) is 6.17 Å². The molecule has 0 bridgehead atoms. The van der Waals surface area contributed by atoms with Crippen molar-refractivity contribution in [1.82, 2.24) is 4.57 Å². The summed E-state index contributed by atoms with van der Waals surface area (Å²) in [6.45, 7) is -0.407. The van der Waals surface area contributed by atoms with Crippen LogP contribution in [-0.2, 0) is 25.1 Å². The first-order valence-corrected chi connectivity index (χ1v) is 8.37. The van der Waals surface area contributed by atoms with Gasteiger partial charge in [-0.05, 0) is 18.2 Å². The SMILES string of the molecule is COC(=O)C(F)Cn1cc(S(=O)(=O)Cl)c2ccc(Cl)cc21. The molecule has 0 saturated heterocycles. The number of hydrogen-bond acceptors (Lipinski definition) is 4. The average molecular weight is 354 g/mol. The zero-order valence-electron chi connectivity index (χ0n) is 10.7. The van der Waals surface area contributed by atoms with Crippen LogP contribution in [-0.4, -0.2) is 32.2 Å². The molecule has 0 N–H and O–H groups in total. The number of fused-ring (bicyclic) bond motifs is 1. The van der Waals surface area contributed by atoms with Crippen molar-refractivity contribution >= 4 is 48.2 Å². The van der Waals surface area contributed by atoms with Crippen LogP contribution in [0.5, 0.6) is 0 Å². The summed E-state index contributed by atoms with van der Waals surface area (Å²) in [6, 6.07) is 4.42. The van der Waals surface area contributed by atoms with Crippen LogP contribution < -0.4 is 0 Å². The quantitative estimate of drug-likeness (QED) is 0.626. The van der Waals surface area contributed by atoms with Gasteiger partial charge in [-0.1, -0.05) is 11.6 Å². The lowest BCUT2D eigenvalue weighted by Gasteiger charge is -2.08. The fourth-order valence-corrected chi connectivity index (χ4v) is 3.18. The minimum absolute atomic E-state index is 0.173. The standard InChI is InChI=1S/C12H10Cl2FNO4S/c1-20-12(17)9(15)5-16-6-11(21(14,18)19)8-3-2-7(13)4-10(8)16/h2-4,6,9H,5H2,1H3. The van der Waals surface area contributed by atoms with Crippen molar-refractivity contribution in [2.45, 2.75) is 17.6 Å². The van der Waals surface area contributed by atoms with Gasteiger partial charge in [-0.2, -0.15) is 0 Å². The van der Waals surface area contributed by atoms with E-state index in [9.17, 15) is 17.6 Å². The highest BCUT2D eigenvalue weighted by atomic mass is 35.7. The maximum Gasteiger partial charge on any atom is 0.342 e. The number of halogens is 3. The van der Waals surface area contributed by atoms with E-state index in [4.69, 9.17) is 22.3 Å². The highest BCUT2D eigenvalue weighted by Gasteiger charge is 2.23. The molecule has 1 aromatic carbocycles. The second kappa shape index (κ2) is 5.82. The molecule has 0 spiro atoms. The molecule has 9 heteroatoms. The zero-order valence-corrected chi connectivity index (χ0v) is 13.0. The topological polar surface area (TPSA) is 65.4 Å². The van der Waals surface area contributed by atoms with Gasteiger partial charge < -0.3 is 9.30 Å². The molecule has 1 aromatic heterocycles. The second-order valence-corrected chi connectivity index (χ2v) is 7.21. The van der Waals surface area contributed by atoms with E-state index >= 15 is 0 Å². The number of rotatable bonds is 4. The normalized spacial score (nSPS) is 13.3. The van der Waals surface area contributed by atoms with Crippen molar-refractivity contribution in [3.63, 3.8) is 0 Å². The smallest absolute Gasteiger partial charge is 0.342 e. The first kappa shape index (κ1) is 16.1. The van der Waals surface area contributed by atoms with E-state index in [1.165, 1.54) is 29.0 Å². The predicted octanol–water partition coefficient (Wildman–Crippen LogP) is 2.73. The van der Waals surface area contributed by atoms with E-state index in [0.717, 1.165) is 7.11 Å². The Bertz CT molecular complexity index is 803. The number of ether oxygens (including phenoxy) is 1. The molecule has 0 saturated carbocycles. The van der Waals surface area contributed by atoms with E-state index in [2.05, 4.69) is 4.74 Å². The van der Waals surface area contributed by atoms with Gasteiger partial charge in [0.05, 0.1) is 19.2 Å². The predicted molar refractivity (Wildman–Crippen MR) is 76.9 cm³/mol. The Kier molecular flexibility index (Phi) is 4.46. The molecule has 2 rings (SSSR count). The molecule has 0 aliphatic heterocycles. The fourth-order valence-electron chi connectivity index (χ4n) is 1.95. The summed E-state index contributed by atoms with van der Waals surface area (Å²) in [5.41, 5.74) is 0.355. The van der Waals surface area contributed by atoms with Gasteiger partial charge in [0, 0.05) is 27.3 Å². The third-order valence-corrected chi connectivity index (χ3v) is 4.47. The van der Waals surface area contributed by atoms with Gasteiger partial charge in [0.25, 0.3) is 9.05 Å². The first-order chi connectivity index (χ1) is 9.74. The molecule has 2 aromatic rings. The van der Waals surface area contributed by atoms with Gasteiger partial charge in [0.1, 0.15) is 4.90 Å².